The van der Waals surface area contributed by atoms with Crippen LogP contribution >= 0.6 is 0 Å². The molecule has 0 heterocycles. The van der Waals surface area contributed by atoms with Crippen LogP contribution in [0.3, 0.4) is 0 Å². The van der Waals surface area contributed by atoms with E-state index in [1.807, 2.05) is 6.92 Å². The van der Waals surface area contributed by atoms with Crippen molar-refractivity contribution in [1.82, 2.24) is 0 Å². The molecule has 2 N–H and O–H groups in total. The van der Waals surface area contributed by atoms with E-state index in [2.05, 4.69) is 0 Å². The molecular weight excluding hydrogens is 264 g/mol. The first-order valence-corrected chi connectivity index (χ1v) is 5.95. The van der Waals surface area contributed by atoms with Gasteiger partial charge in [0.25, 0.3) is 5.91 Å². The van der Waals surface area contributed by atoms with Crippen molar-refractivity contribution < 1.29 is 18.3 Å². The number of hydrogen-bond acceptors (Lipinski definition) is 2. The Labute approximate surface area is 115 Å². The van der Waals surface area contributed by atoms with Gasteiger partial charge in [-0.15, -0.1) is 0 Å². The number of carbonyl (C=O) groups excluding carboxylic acids is 1. The lowest BCUT2D eigenvalue weighted by molar-refractivity contribution is 0.0996. The van der Waals surface area contributed by atoms with Crippen molar-refractivity contribution in [3.63, 3.8) is 0 Å². The minimum absolute atomic E-state index is 0.0712. The van der Waals surface area contributed by atoms with Crippen molar-refractivity contribution in [2.75, 3.05) is 0 Å². The number of halogens is 2. The van der Waals surface area contributed by atoms with Crippen LogP contribution in [0.2, 0.25) is 0 Å². The van der Waals surface area contributed by atoms with Crippen LogP contribution in [-0.2, 0) is 6.61 Å². The predicted molar refractivity (Wildman–Crippen MR) is 70.4 cm³/mol. The lowest BCUT2D eigenvalue weighted by atomic mass is 10.1. The Balaban J connectivity index is 2.24. The zero-order valence-corrected chi connectivity index (χ0v) is 10.8. The second-order valence-corrected chi connectivity index (χ2v) is 4.37. The number of carbonyl (C=O) groups is 1. The molecule has 0 radical (unpaired) electrons. The van der Waals surface area contributed by atoms with Gasteiger partial charge in [-0.25, -0.2) is 8.78 Å². The van der Waals surface area contributed by atoms with Crippen LogP contribution in [0.25, 0.3) is 0 Å². The van der Waals surface area contributed by atoms with Gasteiger partial charge in [0.05, 0.1) is 5.56 Å². The summed E-state index contributed by atoms with van der Waals surface area (Å²) in [4.78, 5) is 11.3. The SMILES string of the molecule is Cc1ccc(C(N)=O)c(OCc2cccc(F)c2F)c1. The molecule has 2 aromatic rings. The molecule has 0 aromatic heterocycles. The van der Waals surface area contributed by atoms with Crippen LogP contribution in [0.15, 0.2) is 36.4 Å². The van der Waals surface area contributed by atoms with Crippen LogP contribution in [0.5, 0.6) is 5.75 Å². The van der Waals surface area contributed by atoms with Crippen molar-refractivity contribution in [3.05, 3.63) is 64.7 Å². The number of hydrogen-bond donors (Lipinski definition) is 1. The highest BCUT2D eigenvalue weighted by Crippen LogP contribution is 2.22. The summed E-state index contributed by atoms with van der Waals surface area (Å²) < 4.78 is 32.0. The summed E-state index contributed by atoms with van der Waals surface area (Å²) in [6.45, 7) is 1.63. The van der Waals surface area contributed by atoms with E-state index in [4.69, 9.17) is 10.5 Å². The van der Waals surface area contributed by atoms with Crippen LogP contribution in [0.1, 0.15) is 21.5 Å². The summed E-state index contributed by atoms with van der Waals surface area (Å²) in [5.41, 5.74) is 6.37. The predicted octanol–water partition coefficient (Wildman–Crippen LogP) is 2.95. The van der Waals surface area contributed by atoms with E-state index in [-0.39, 0.29) is 23.5 Å². The quantitative estimate of drug-likeness (QED) is 0.934. The molecule has 0 aliphatic rings. The van der Waals surface area contributed by atoms with Crippen molar-refractivity contribution in [2.24, 2.45) is 5.73 Å². The van der Waals surface area contributed by atoms with E-state index in [0.717, 1.165) is 11.6 Å². The monoisotopic (exact) mass is 277 g/mol. The maximum atomic E-state index is 13.5. The standard InChI is InChI=1S/C15H13F2NO2/c1-9-5-6-11(15(18)19)13(7-9)20-8-10-3-2-4-12(16)14(10)17/h2-7H,8H2,1H3,(H2,18,19). The van der Waals surface area contributed by atoms with Crippen LogP contribution in [-0.4, -0.2) is 5.91 Å². The summed E-state index contributed by atoms with van der Waals surface area (Å²) in [5, 5.41) is 0. The van der Waals surface area contributed by atoms with Gasteiger partial charge in [-0.2, -0.15) is 0 Å². The molecule has 0 fully saturated rings. The Morgan fingerprint density at radius 1 is 1.25 bits per heavy atom. The molecule has 0 aliphatic heterocycles. The van der Waals surface area contributed by atoms with Gasteiger partial charge in [0.2, 0.25) is 0 Å². The molecule has 0 bridgehead atoms. The fourth-order valence-corrected chi connectivity index (χ4v) is 1.77. The topological polar surface area (TPSA) is 52.3 Å². The fourth-order valence-electron chi connectivity index (χ4n) is 1.77. The molecular formula is C15H13F2NO2. The van der Waals surface area contributed by atoms with Crippen molar-refractivity contribution in [1.29, 1.82) is 0 Å². The molecule has 0 aliphatic carbocycles. The summed E-state index contributed by atoms with van der Waals surface area (Å²) >= 11 is 0. The highest BCUT2D eigenvalue weighted by Gasteiger charge is 2.12. The minimum Gasteiger partial charge on any atom is -0.488 e. The summed E-state index contributed by atoms with van der Waals surface area (Å²) in [7, 11) is 0. The largest absolute Gasteiger partial charge is 0.488 e. The van der Waals surface area contributed by atoms with Gasteiger partial charge in [0.15, 0.2) is 11.6 Å². The highest BCUT2D eigenvalue weighted by molar-refractivity contribution is 5.95. The first-order chi connectivity index (χ1) is 9.49. The Morgan fingerprint density at radius 3 is 2.70 bits per heavy atom. The van der Waals surface area contributed by atoms with Crippen molar-refractivity contribution in [3.8, 4) is 5.75 Å². The smallest absolute Gasteiger partial charge is 0.252 e. The molecule has 3 nitrogen and oxygen atoms in total. The van der Waals surface area contributed by atoms with Gasteiger partial charge in [-0.3, -0.25) is 4.79 Å². The van der Waals surface area contributed by atoms with Gasteiger partial charge in [0.1, 0.15) is 12.4 Å². The van der Waals surface area contributed by atoms with E-state index >= 15 is 0 Å². The molecule has 1 amide bonds. The first kappa shape index (κ1) is 14.0. The van der Waals surface area contributed by atoms with Gasteiger partial charge < -0.3 is 10.5 Å². The molecule has 0 unspecified atom stereocenters. The Hall–Kier alpha value is -2.43. The van der Waals surface area contributed by atoms with Crippen LogP contribution in [0.4, 0.5) is 8.78 Å². The summed E-state index contributed by atoms with van der Waals surface area (Å²) in [6, 6.07) is 8.71. The maximum absolute atomic E-state index is 13.5. The minimum atomic E-state index is -0.958. The average Bonchev–Trinajstić information content (AvgIpc) is 2.40. The van der Waals surface area contributed by atoms with Gasteiger partial charge >= 0.3 is 0 Å². The van der Waals surface area contributed by atoms with Gasteiger partial charge in [0, 0.05) is 5.56 Å². The van der Waals surface area contributed by atoms with E-state index in [0.29, 0.717) is 0 Å². The van der Waals surface area contributed by atoms with Crippen molar-refractivity contribution >= 4 is 5.91 Å². The molecule has 20 heavy (non-hydrogen) atoms. The molecule has 5 heteroatoms. The molecule has 0 spiro atoms. The molecule has 0 saturated carbocycles. The number of nitrogens with two attached hydrogens (primary N) is 1. The Kier molecular flexibility index (Phi) is 3.98. The van der Waals surface area contributed by atoms with Crippen LogP contribution in [0, 0.1) is 18.6 Å². The Bertz CT molecular complexity index is 656. The van der Waals surface area contributed by atoms with Gasteiger partial charge in [-0.05, 0) is 30.7 Å². The van der Waals surface area contributed by atoms with Crippen molar-refractivity contribution in [2.45, 2.75) is 13.5 Å². The number of benzene rings is 2. The van der Waals surface area contributed by atoms with E-state index in [1.54, 1.807) is 12.1 Å². The van der Waals surface area contributed by atoms with Gasteiger partial charge in [-0.1, -0.05) is 18.2 Å². The third-order valence-electron chi connectivity index (χ3n) is 2.82. The molecule has 104 valence electrons. The third kappa shape index (κ3) is 2.93. The third-order valence-corrected chi connectivity index (χ3v) is 2.82. The zero-order chi connectivity index (χ0) is 14.7. The maximum Gasteiger partial charge on any atom is 0.252 e. The fraction of sp³-hybridized carbons (Fsp3) is 0.133. The Morgan fingerprint density at radius 2 is 2.00 bits per heavy atom. The van der Waals surface area contributed by atoms with E-state index in [9.17, 15) is 13.6 Å². The lowest BCUT2D eigenvalue weighted by Crippen LogP contribution is -2.13. The van der Waals surface area contributed by atoms with E-state index < -0.39 is 17.5 Å². The van der Waals surface area contributed by atoms with E-state index in [1.165, 1.54) is 18.2 Å². The number of aryl methyl sites for hydroxylation is 1. The lowest BCUT2D eigenvalue weighted by Gasteiger charge is -2.11. The van der Waals surface area contributed by atoms with Crippen LogP contribution < -0.4 is 10.5 Å². The highest BCUT2D eigenvalue weighted by atomic mass is 19.2. The molecule has 2 rings (SSSR count). The summed E-state index contributed by atoms with van der Waals surface area (Å²) in [6.07, 6.45) is 0. The second-order valence-electron chi connectivity index (χ2n) is 4.37. The average molecular weight is 277 g/mol. The number of amides is 1. The first-order valence-electron chi connectivity index (χ1n) is 5.95. The summed E-state index contributed by atoms with van der Waals surface area (Å²) in [5.74, 6) is -2.29. The number of primary amides is 1. The number of ether oxygens (including phenoxy) is 1. The normalized spacial score (nSPS) is 10.3. The molecule has 2 aromatic carbocycles. The second kappa shape index (κ2) is 5.69. The molecule has 0 saturated heterocycles. The molecule has 0 atom stereocenters. The number of rotatable bonds is 4. The zero-order valence-electron chi connectivity index (χ0n) is 10.8.